The third-order valence-corrected chi connectivity index (χ3v) is 5.68. The maximum Gasteiger partial charge on any atom is 0.164 e. The van der Waals surface area contributed by atoms with Crippen LogP contribution in [-0.2, 0) is 0 Å². The van der Waals surface area contributed by atoms with Crippen LogP contribution in [0.4, 0.5) is 11.4 Å². The smallest absolute Gasteiger partial charge is 0.164 e. The van der Waals surface area contributed by atoms with Crippen molar-refractivity contribution in [1.82, 2.24) is 4.90 Å². The van der Waals surface area contributed by atoms with Gasteiger partial charge in [-0.25, -0.2) is 0 Å². The highest BCUT2D eigenvalue weighted by Crippen LogP contribution is 2.44. The molecule has 118 valence electrons. The zero-order chi connectivity index (χ0) is 15.6. The predicted octanol–water partition coefficient (Wildman–Crippen LogP) is 4.56. The lowest BCUT2D eigenvalue weighted by Crippen LogP contribution is -2.22. The molecule has 2 aromatic rings. The van der Waals surface area contributed by atoms with Crippen molar-refractivity contribution in [3.63, 3.8) is 0 Å². The van der Waals surface area contributed by atoms with E-state index >= 15 is 0 Å². The number of hydrogen-bond donors (Lipinski definition) is 1. The van der Waals surface area contributed by atoms with Gasteiger partial charge < -0.3 is 10.2 Å². The van der Waals surface area contributed by atoms with Gasteiger partial charge in [0.05, 0.1) is 11.4 Å². The Kier molecular flexibility index (Phi) is 4.10. The van der Waals surface area contributed by atoms with E-state index in [1.165, 1.54) is 22.6 Å². The summed E-state index contributed by atoms with van der Waals surface area (Å²) < 4.78 is 0. The third-order valence-electron chi connectivity index (χ3n) is 4.53. The Bertz CT molecular complexity index is 738. The van der Waals surface area contributed by atoms with Gasteiger partial charge in [-0.05, 0) is 50.2 Å². The number of carbonyl (C=O) groups excluding carboxylic acids is 1. The van der Waals surface area contributed by atoms with Gasteiger partial charge in [-0.3, -0.25) is 4.79 Å². The molecule has 1 fully saturated rings. The van der Waals surface area contributed by atoms with Gasteiger partial charge in [-0.1, -0.05) is 30.0 Å². The van der Waals surface area contributed by atoms with Crippen LogP contribution in [-0.4, -0.2) is 30.3 Å². The van der Waals surface area contributed by atoms with Crippen molar-refractivity contribution in [2.45, 2.75) is 29.1 Å². The molecule has 1 N–H and O–H groups in total. The number of rotatable bonds is 4. The highest BCUT2D eigenvalue weighted by molar-refractivity contribution is 7.99. The van der Waals surface area contributed by atoms with Crippen LogP contribution in [0.3, 0.4) is 0 Å². The molecular formula is C19H20N2OS. The zero-order valence-corrected chi connectivity index (χ0v) is 13.9. The van der Waals surface area contributed by atoms with Crippen molar-refractivity contribution < 1.29 is 4.79 Å². The molecular weight excluding hydrogens is 304 g/mol. The first kappa shape index (κ1) is 14.8. The van der Waals surface area contributed by atoms with Crippen molar-refractivity contribution in [3.8, 4) is 0 Å². The van der Waals surface area contributed by atoms with E-state index in [0.29, 0.717) is 6.42 Å². The van der Waals surface area contributed by atoms with Gasteiger partial charge in [0.2, 0.25) is 0 Å². The monoisotopic (exact) mass is 324 g/mol. The van der Waals surface area contributed by atoms with Crippen molar-refractivity contribution in [2.75, 3.05) is 25.0 Å². The summed E-state index contributed by atoms with van der Waals surface area (Å²) in [6, 6.07) is 14.3. The third kappa shape index (κ3) is 3.14. The van der Waals surface area contributed by atoms with E-state index in [9.17, 15) is 4.79 Å². The first-order chi connectivity index (χ1) is 11.3. The van der Waals surface area contributed by atoms with E-state index in [2.05, 4.69) is 34.5 Å². The Morgan fingerprint density at radius 1 is 1.04 bits per heavy atom. The molecule has 0 aromatic heterocycles. The van der Waals surface area contributed by atoms with Crippen molar-refractivity contribution in [3.05, 3.63) is 48.0 Å². The van der Waals surface area contributed by atoms with Gasteiger partial charge in [0.15, 0.2) is 5.78 Å². The van der Waals surface area contributed by atoms with Crippen LogP contribution < -0.4 is 5.32 Å². The minimum Gasteiger partial charge on any atom is -0.354 e. The van der Waals surface area contributed by atoms with Gasteiger partial charge in [0.1, 0.15) is 0 Å². The summed E-state index contributed by atoms with van der Waals surface area (Å²) in [6.45, 7) is 3.18. The largest absolute Gasteiger partial charge is 0.354 e. The van der Waals surface area contributed by atoms with Crippen molar-refractivity contribution in [1.29, 1.82) is 0 Å². The number of hydrogen-bond acceptors (Lipinski definition) is 4. The Balaban J connectivity index is 1.48. The molecule has 4 heteroatoms. The highest BCUT2D eigenvalue weighted by atomic mass is 32.2. The SMILES string of the molecule is O=C(CCN1CCCC1)c1ccc2c(c1)Nc1ccccc1S2. The Morgan fingerprint density at radius 2 is 1.83 bits per heavy atom. The summed E-state index contributed by atoms with van der Waals surface area (Å²) in [4.78, 5) is 17.3. The van der Waals surface area contributed by atoms with Crippen molar-refractivity contribution >= 4 is 28.9 Å². The number of anilines is 2. The van der Waals surface area contributed by atoms with E-state index in [1.54, 1.807) is 11.8 Å². The maximum atomic E-state index is 12.5. The molecule has 0 radical (unpaired) electrons. The molecule has 0 spiro atoms. The average molecular weight is 324 g/mol. The van der Waals surface area contributed by atoms with Crippen LogP contribution in [0.25, 0.3) is 0 Å². The van der Waals surface area contributed by atoms with Gasteiger partial charge >= 0.3 is 0 Å². The van der Waals surface area contributed by atoms with Crippen molar-refractivity contribution in [2.24, 2.45) is 0 Å². The number of ketones is 1. The molecule has 0 aliphatic carbocycles. The van der Waals surface area contributed by atoms with Crippen LogP contribution in [0.5, 0.6) is 0 Å². The lowest BCUT2D eigenvalue weighted by atomic mass is 10.1. The summed E-state index contributed by atoms with van der Waals surface area (Å²) in [6.07, 6.45) is 3.16. The van der Waals surface area contributed by atoms with Crippen LogP contribution in [0.1, 0.15) is 29.6 Å². The molecule has 0 unspecified atom stereocenters. The second kappa shape index (κ2) is 6.38. The van der Waals surface area contributed by atoms with Gasteiger partial charge in [0, 0.05) is 28.3 Å². The highest BCUT2D eigenvalue weighted by Gasteiger charge is 2.18. The van der Waals surface area contributed by atoms with Crippen LogP contribution in [0.2, 0.25) is 0 Å². The molecule has 3 nitrogen and oxygen atoms in total. The number of Topliss-reactive ketones (excluding diaryl/α,β-unsaturated/α-hetero) is 1. The molecule has 2 aliphatic rings. The first-order valence-electron chi connectivity index (χ1n) is 8.23. The summed E-state index contributed by atoms with van der Waals surface area (Å²) in [5, 5.41) is 3.45. The quantitative estimate of drug-likeness (QED) is 0.713. The average Bonchev–Trinajstić information content (AvgIpc) is 3.11. The second-order valence-electron chi connectivity index (χ2n) is 6.16. The minimum atomic E-state index is 0.241. The molecule has 4 rings (SSSR count). The summed E-state index contributed by atoms with van der Waals surface area (Å²) in [5.41, 5.74) is 2.97. The fourth-order valence-electron chi connectivity index (χ4n) is 3.22. The number of fused-ring (bicyclic) bond motifs is 2. The minimum absolute atomic E-state index is 0.241. The molecule has 2 heterocycles. The number of benzene rings is 2. The van der Waals surface area contributed by atoms with Crippen LogP contribution >= 0.6 is 11.8 Å². The van der Waals surface area contributed by atoms with Gasteiger partial charge in [-0.15, -0.1) is 0 Å². The standard InChI is InChI=1S/C19H20N2OS/c22-17(9-12-21-10-3-4-11-21)14-7-8-19-16(13-14)20-15-5-1-2-6-18(15)23-19/h1-2,5-8,13,20H,3-4,9-12H2. The maximum absolute atomic E-state index is 12.5. The molecule has 2 aliphatic heterocycles. The Labute approximate surface area is 141 Å². The molecule has 0 saturated carbocycles. The number of carbonyl (C=O) groups is 1. The van der Waals surface area contributed by atoms with Crippen LogP contribution in [0, 0.1) is 0 Å². The zero-order valence-electron chi connectivity index (χ0n) is 13.0. The van der Waals surface area contributed by atoms with E-state index < -0.39 is 0 Å². The fraction of sp³-hybridized carbons (Fsp3) is 0.316. The lowest BCUT2D eigenvalue weighted by Gasteiger charge is -2.21. The Hall–Kier alpha value is -1.78. The van der Waals surface area contributed by atoms with Gasteiger partial charge in [-0.2, -0.15) is 0 Å². The molecule has 0 bridgehead atoms. The van der Waals surface area contributed by atoms with E-state index in [-0.39, 0.29) is 5.78 Å². The summed E-state index contributed by atoms with van der Waals surface area (Å²) in [5.74, 6) is 0.241. The van der Waals surface area contributed by atoms with E-state index in [1.807, 2.05) is 18.2 Å². The lowest BCUT2D eigenvalue weighted by molar-refractivity contribution is 0.0969. The second-order valence-corrected chi connectivity index (χ2v) is 7.24. The number of para-hydroxylation sites is 1. The van der Waals surface area contributed by atoms with E-state index in [0.717, 1.165) is 36.6 Å². The number of nitrogens with zero attached hydrogens (tertiary/aromatic N) is 1. The number of nitrogens with one attached hydrogen (secondary N) is 1. The molecule has 23 heavy (non-hydrogen) atoms. The predicted molar refractivity (Wildman–Crippen MR) is 94.9 cm³/mol. The number of likely N-dealkylation sites (tertiary alicyclic amines) is 1. The first-order valence-corrected chi connectivity index (χ1v) is 9.05. The summed E-state index contributed by atoms with van der Waals surface area (Å²) in [7, 11) is 0. The molecule has 0 amide bonds. The molecule has 0 atom stereocenters. The molecule has 1 saturated heterocycles. The van der Waals surface area contributed by atoms with Crippen LogP contribution in [0.15, 0.2) is 52.3 Å². The van der Waals surface area contributed by atoms with E-state index in [4.69, 9.17) is 0 Å². The normalized spacial score (nSPS) is 16.5. The summed E-state index contributed by atoms with van der Waals surface area (Å²) >= 11 is 1.75. The Morgan fingerprint density at radius 3 is 2.70 bits per heavy atom. The topological polar surface area (TPSA) is 32.3 Å². The van der Waals surface area contributed by atoms with Gasteiger partial charge in [0.25, 0.3) is 0 Å². The molecule has 2 aromatic carbocycles. The fourth-order valence-corrected chi connectivity index (χ4v) is 4.19.